The number of aromatic nitrogens is 5. The summed E-state index contributed by atoms with van der Waals surface area (Å²) in [4.78, 5) is 24.7. The first-order valence-corrected chi connectivity index (χ1v) is 10.9. The van der Waals surface area contributed by atoms with E-state index in [4.69, 9.17) is 9.97 Å². The molecule has 1 saturated carbocycles. The maximum atomic E-state index is 14.6. The highest BCUT2D eigenvalue weighted by Crippen LogP contribution is 2.55. The highest BCUT2D eigenvalue weighted by Gasteiger charge is 2.52. The van der Waals surface area contributed by atoms with Gasteiger partial charge in [0.1, 0.15) is 11.6 Å². The van der Waals surface area contributed by atoms with E-state index >= 15 is 0 Å². The zero-order valence-corrected chi connectivity index (χ0v) is 17.4. The van der Waals surface area contributed by atoms with Crippen molar-refractivity contribution >= 4 is 5.82 Å². The molecule has 2 fully saturated rings. The molecule has 2 unspecified atom stereocenters. The van der Waals surface area contributed by atoms with Gasteiger partial charge in [0.2, 0.25) is 0 Å². The van der Waals surface area contributed by atoms with Crippen LogP contribution in [-0.2, 0) is 13.0 Å². The largest absolute Gasteiger partial charge is 0.349 e. The number of hydrogen-bond donors (Lipinski definition) is 1. The average Bonchev–Trinajstić information content (AvgIpc) is 2.71. The zero-order chi connectivity index (χ0) is 21.0. The normalized spacial score (nSPS) is 23.7. The molecule has 8 heteroatoms. The number of rotatable bonds is 3. The van der Waals surface area contributed by atoms with E-state index in [9.17, 15) is 4.39 Å². The van der Waals surface area contributed by atoms with Crippen molar-refractivity contribution in [1.82, 2.24) is 30.2 Å². The van der Waals surface area contributed by atoms with Gasteiger partial charge in [-0.25, -0.2) is 29.3 Å². The lowest BCUT2D eigenvalue weighted by molar-refractivity contribution is -0.00784. The summed E-state index contributed by atoms with van der Waals surface area (Å²) in [7, 11) is 0. The molecule has 3 aromatic heterocycles. The second-order valence-corrected chi connectivity index (χ2v) is 9.02. The van der Waals surface area contributed by atoms with Gasteiger partial charge in [-0.15, -0.1) is 0 Å². The van der Waals surface area contributed by atoms with Gasteiger partial charge in [0.25, 0.3) is 0 Å². The lowest BCUT2D eigenvalue weighted by Crippen LogP contribution is -2.59. The minimum absolute atomic E-state index is 0.140. The molecule has 0 amide bonds. The fourth-order valence-corrected chi connectivity index (χ4v) is 5.11. The molecule has 2 aliphatic heterocycles. The zero-order valence-electron chi connectivity index (χ0n) is 17.4. The first kappa shape index (κ1) is 18.7. The van der Waals surface area contributed by atoms with Crippen molar-refractivity contribution in [2.45, 2.75) is 51.2 Å². The molecule has 2 atom stereocenters. The van der Waals surface area contributed by atoms with Gasteiger partial charge in [-0.1, -0.05) is 6.42 Å². The number of anilines is 1. The van der Waals surface area contributed by atoms with E-state index in [0.29, 0.717) is 29.4 Å². The third-order valence-electron chi connectivity index (χ3n) is 7.09. The van der Waals surface area contributed by atoms with Gasteiger partial charge in [0.15, 0.2) is 11.6 Å². The Bertz CT molecular complexity index is 1130. The van der Waals surface area contributed by atoms with E-state index in [1.54, 1.807) is 30.6 Å². The highest BCUT2D eigenvalue weighted by atomic mass is 19.1. The third kappa shape index (κ3) is 3.08. The molecular weight excluding hydrogens is 393 g/mol. The van der Waals surface area contributed by atoms with E-state index in [-0.39, 0.29) is 17.9 Å². The predicted octanol–water partition coefficient (Wildman–Crippen LogP) is 3.23. The number of halogens is 1. The number of nitrogens with zero attached hydrogens (tertiary/aromatic N) is 6. The Balaban J connectivity index is 1.30. The van der Waals surface area contributed by atoms with Crippen LogP contribution in [0.25, 0.3) is 11.6 Å². The number of nitrogens with one attached hydrogen (secondary N) is 1. The predicted molar refractivity (Wildman–Crippen MR) is 114 cm³/mol. The highest BCUT2D eigenvalue weighted by molar-refractivity contribution is 5.48. The molecule has 1 spiro atoms. The van der Waals surface area contributed by atoms with Crippen molar-refractivity contribution in [3.8, 4) is 11.6 Å². The molecule has 1 saturated heterocycles. The van der Waals surface area contributed by atoms with Crippen LogP contribution >= 0.6 is 0 Å². The van der Waals surface area contributed by atoms with E-state index in [1.807, 2.05) is 6.20 Å². The third-order valence-corrected chi connectivity index (χ3v) is 7.09. The number of pyridine rings is 1. The van der Waals surface area contributed by atoms with Crippen LogP contribution < -0.4 is 10.2 Å². The number of hydrogen-bond acceptors (Lipinski definition) is 7. The summed E-state index contributed by atoms with van der Waals surface area (Å²) in [5.41, 5.74) is 3.14. The van der Waals surface area contributed by atoms with Crippen molar-refractivity contribution in [1.29, 1.82) is 0 Å². The quantitative estimate of drug-likeness (QED) is 0.701. The van der Waals surface area contributed by atoms with Gasteiger partial charge in [0.05, 0.1) is 17.4 Å². The fourth-order valence-electron chi connectivity index (χ4n) is 5.11. The summed E-state index contributed by atoms with van der Waals surface area (Å²) >= 11 is 0. The van der Waals surface area contributed by atoms with E-state index in [1.165, 1.54) is 19.3 Å². The Morgan fingerprint density at radius 3 is 2.65 bits per heavy atom. The van der Waals surface area contributed by atoms with Crippen LogP contribution in [0.1, 0.15) is 49.2 Å². The molecule has 3 aliphatic rings. The van der Waals surface area contributed by atoms with Crippen LogP contribution in [0.2, 0.25) is 0 Å². The molecule has 5 heterocycles. The molecule has 0 radical (unpaired) electrons. The Morgan fingerprint density at radius 1 is 1.10 bits per heavy atom. The van der Waals surface area contributed by atoms with Crippen LogP contribution in [0.3, 0.4) is 0 Å². The van der Waals surface area contributed by atoms with E-state index in [0.717, 1.165) is 29.9 Å². The summed E-state index contributed by atoms with van der Waals surface area (Å²) in [6, 6.07) is 5.22. The maximum absolute atomic E-state index is 14.6. The summed E-state index contributed by atoms with van der Waals surface area (Å²) in [6.45, 7) is 3.75. The smallest absolute Gasteiger partial charge is 0.197 e. The van der Waals surface area contributed by atoms with Gasteiger partial charge in [-0.05, 0) is 31.9 Å². The summed E-state index contributed by atoms with van der Waals surface area (Å²) in [5, 5.41) is 3.48. The Labute approximate surface area is 180 Å². The Morgan fingerprint density at radius 2 is 1.94 bits per heavy atom. The standard InChI is InChI=1S/C23H24FN7/c1-14-8-17-15(11-27-22(30-17)21-25-6-3-7-26-21)12-31(14)19-10-16(24)9-18(29-19)20-23(13-28-20)4-2-5-23/h3,6-7,9-11,14,20,28H,2,4-5,8,12-13H2,1H3. The Hall–Kier alpha value is -3.00. The molecule has 3 aromatic rings. The lowest BCUT2D eigenvalue weighted by Gasteiger charge is -2.56. The minimum atomic E-state index is -0.228. The first-order chi connectivity index (χ1) is 15.1. The van der Waals surface area contributed by atoms with Crippen LogP contribution in [0.4, 0.5) is 10.2 Å². The van der Waals surface area contributed by atoms with Gasteiger partial charge in [-0.3, -0.25) is 0 Å². The average molecular weight is 417 g/mol. The van der Waals surface area contributed by atoms with Crippen molar-refractivity contribution < 1.29 is 4.39 Å². The van der Waals surface area contributed by atoms with E-state index < -0.39 is 0 Å². The second kappa shape index (κ2) is 7.02. The summed E-state index contributed by atoms with van der Waals surface area (Å²) in [6.07, 6.45) is 9.62. The van der Waals surface area contributed by atoms with E-state index in [2.05, 4.69) is 32.1 Å². The van der Waals surface area contributed by atoms with Crippen molar-refractivity contribution in [2.24, 2.45) is 5.41 Å². The lowest BCUT2D eigenvalue weighted by atomic mass is 9.58. The van der Waals surface area contributed by atoms with Crippen molar-refractivity contribution in [3.05, 3.63) is 59.6 Å². The maximum Gasteiger partial charge on any atom is 0.197 e. The van der Waals surface area contributed by atoms with Crippen LogP contribution in [-0.4, -0.2) is 37.5 Å². The molecule has 6 rings (SSSR count). The van der Waals surface area contributed by atoms with Crippen molar-refractivity contribution in [2.75, 3.05) is 11.4 Å². The second-order valence-electron chi connectivity index (χ2n) is 9.02. The minimum Gasteiger partial charge on any atom is -0.349 e. The SMILES string of the molecule is CC1Cc2nc(-c3ncccn3)ncc2CN1c1cc(F)cc(C2NCC23CCC3)n1. The topological polar surface area (TPSA) is 79.7 Å². The van der Waals surface area contributed by atoms with Crippen LogP contribution in [0, 0.1) is 11.2 Å². The molecular formula is C23H24FN7. The van der Waals surface area contributed by atoms with Gasteiger partial charge < -0.3 is 10.2 Å². The van der Waals surface area contributed by atoms with Gasteiger partial charge in [-0.2, -0.15) is 0 Å². The van der Waals surface area contributed by atoms with Crippen LogP contribution in [0.5, 0.6) is 0 Å². The monoisotopic (exact) mass is 417 g/mol. The first-order valence-electron chi connectivity index (χ1n) is 10.9. The summed E-state index contributed by atoms with van der Waals surface area (Å²) < 4.78 is 14.6. The molecule has 1 aliphatic carbocycles. The van der Waals surface area contributed by atoms with Gasteiger partial charge in [0, 0.05) is 61.2 Å². The summed E-state index contributed by atoms with van der Waals surface area (Å²) in [5.74, 6) is 1.52. The van der Waals surface area contributed by atoms with Crippen molar-refractivity contribution in [3.63, 3.8) is 0 Å². The molecule has 31 heavy (non-hydrogen) atoms. The molecule has 0 aromatic carbocycles. The molecule has 158 valence electrons. The van der Waals surface area contributed by atoms with Crippen LogP contribution in [0.15, 0.2) is 36.8 Å². The molecule has 1 N–H and O–H groups in total. The molecule has 7 nitrogen and oxygen atoms in total. The number of fused-ring (bicyclic) bond motifs is 1. The Kier molecular flexibility index (Phi) is 4.24. The van der Waals surface area contributed by atoms with Gasteiger partial charge >= 0.3 is 0 Å². The fraction of sp³-hybridized carbons (Fsp3) is 0.435. The molecule has 0 bridgehead atoms.